The van der Waals surface area contributed by atoms with Crippen LogP contribution in [-0.4, -0.2) is 45.0 Å². The van der Waals surface area contributed by atoms with Crippen LogP contribution in [-0.2, 0) is 0 Å². The molecule has 1 aliphatic heterocycles. The zero-order valence-electron chi connectivity index (χ0n) is 13.9. The number of aliphatic hydroxyl groups is 1. The van der Waals surface area contributed by atoms with Crippen molar-refractivity contribution in [3.63, 3.8) is 0 Å². The Bertz CT molecular complexity index is 710. The second kappa shape index (κ2) is 6.20. The minimum absolute atomic E-state index is 0.161. The molecule has 1 aliphatic rings. The van der Waals surface area contributed by atoms with Crippen molar-refractivity contribution in [1.82, 2.24) is 14.7 Å². The minimum atomic E-state index is -0.443. The van der Waals surface area contributed by atoms with Gasteiger partial charge in [-0.25, -0.2) is 4.79 Å². The van der Waals surface area contributed by atoms with Crippen LogP contribution in [0.5, 0.6) is 0 Å². The summed E-state index contributed by atoms with van der Waals surface area (Å²) in [6.45, 7) is 7.24. The van der Waals surface area contributed by atoms with Gasteiger partial charge in [0.25, 0.3) is 0 Å². The molecule has 0 bridgehead atoms. The predicted octanol–water partition coefficient (Wildman–Crippen LogP) is 2.85. The van der Waals surface area contributed by atoms with Crippen molar-refractivity contribution in [3.8, 4) is 0 Å². The second-order valence-corrected chi connectivity index (χ2v) is 6.69. The lowest BCUT2D eigenvalue weighted by Crippen LogP contribution is -2.47. The Hall–Kier alpha value is -2.08. The Morgan fingerprint density at radius 2 is 2.22 bits per heavy atom. The van der Waals surface area contributed by atoms with Crippen LogP contribution in [0.3, 0.4) is 0 Å². The lowest BCUT2D eigenvalue weighted by molar-refractivity contribution is 0.0464. The molecule has 6 nitrogen and oxygen atoms in total. The standard InChI is InChI=1S/C17H24N4O2/c1-11(2)21-9-13-8-14(4-5-15(13)19-21)18-17(23)20-7-6-12(3)16(22)10-20/h4-5,8-9,11-12,16,22H,6-7,10H2,1-3H3,(H,18,23). The molecule has 2 N–H and O–H groups in total. The van der Waals surface area contributed by atoms with Gasteiger partial charge in [0.2, 0.25) is 0 Å². The maximum Gasteiger partial charge on any atom is 0.321 e. The van der Waals surface area contributed by atoms with E-state index in [9.17, 15) is 9.90 Å². The van der Waals surface area contributed by atoms with E-state index in [1.54, 1.807) is 4.90 Å². The summed E-state index contributed by atoms with van der Waals surface area (Å²) in [5.74, 6) is 0.247. The number of aromatic nitrogens is 2. The molecule has 0 spiro atoms. The van der Waals surface area contributed by atoms with Crippen LogP contribution in [0.2, 0.25) is 0 Å². The maximum atomic E-state index is 12.4. The molecule has 2 atom stereocenters. The number of nitrogens with one attached hydrogen (secondary N) is 1. The molecule has 3 rings (SSSR count). The molecule has 23 heavy (non-hydrogen) atoms. The van der Waals surface area contributed by atoms with Crippen molar-refractivity contribution in [2.24, 2.45) is 5.92 Å². The molecule has 1 aromatic heterocycles. The number of anilines is 1. The molecule has 2 unspecified atom stereocenters. The van der Waals surface area contributed by atoms with E-state index in [2.05, 4.69) is 24.3 Å². The van der Waals surface area contributed by atoms with Gasteiger partial charge >= 0.3 is 6.03 Å². The molecule has 124 valence electrons. The first-order valence-electron chi connectivity index (χ1n) is 8.17. The van der Waals surface area contributed by atoms with E-state index in [-0.39, 0.29) is 11.9 Å². The summed E-state index contributed by atoms with van der Waals surface area (Å²) < 4.78 is 1.92. The van der Waals surface area contributed by atoms with Crippen LogP contribution in [0.4, 0.5) is 10.5 Å². The third kappa shape index (κ3) is 3.32. The van der Waals surface area contributed by atoms with E-state index < -0.39 is 6.10 Å². The highest BCUT2D eigenvalue weighted by Crippen LogP contribution is 2.21. The number of hydrogen-bond donors (Lipinski definition) is 2. The van der Waals surface area contributed by atoms with E-state index in [0.29, 0.717) is 19.1 Å². The summed E-state index contributed by atoms with van der Waals surface area (Å²) in [5, 5.41) is 18.3. The Labute approximate surface area is 136 Å². The number of nitrogens with zero attached hydrogens (tertiary/aromatic N) is 3. The number of rotatable bonds is 2. The average molecular weight is 316 g/mol. The third-order valence-corrected chi connectivity index (χ3v) is 4.51. The number of hydrogen-bond acceptors (Lipinski definition) is 3. The first kappa shape index (κ1) is 15.8. The van der Waals surface area contributed by atoms with Crippen LogP contribution in [0.25, 0.3) is 10.9 Å². The number of amides is 2. The molecule has 1 fully saturated rings. The Morgan fingerprint density at radius 3 is 2.91 bits per heavy atom. The molecular formula is C17H24N4O2. The monoisotopic (exact) mass is 316 g/mol. The molecule has 2 heterocycles. The highest BCUT2D eigenvalue weighted by atomic mass is 16.3. The molecule has 6 heteroatoms. The van der Waals surface area contributed by atoms with Gasteiger partial charge in [0.15, 0.2) is 0 Å². The van der Waals surface area contributed by atoms with Crippen molar-refractivity contribution < 1.29 is 9.90 Å². The lowest BCUT2D eigenvalue weighted by Gasteiger charge is -2.34. The third-order valence-electron chi connectivity index (χ3n) is 4.51. The predicted molar refractivity (Wildman–Crippen MR) is 90.5 cm³/mol. The Kier molecular flexibility index (Phi) is 4.26. The number of likely N-dealkylation sites (tertiary alicyclic amines) is 1. The van der Waals surface area contributed by atoms with Crippen LogP contribution in [0, 0.1) is 5.92 Å². The van der Waals surface area contributed by atoms with Crippen molar-refractivity contribution in [2.45, 2.75) is 39.3 Å². The maximum absolute atomic E-state index is 12.4. The first-order valence-corrected chi connectivity index (χ1v) is 8.17. The van der Waals surface area contributed by atoms with Crippen molar-refractivity contribution in [3.05, 3.63) is 24.4 Å². The van der Waals surface area contributed by atoms with Gasteiger partial charge in [-0.2, -0.15) is 5.10 Å². The SMILES string of the molecule is CC1CCN(C(=O)Nc2ccc3nn(C(C)C)cc3c2)CC1O. The number of urea groups is 1. The molecule has 1 saturated heterocycles. The summed E-state index contributed by atoms with van der Waals surface area (Å²) >= 11 is 0. The minimum Gasteiger partial charge on any atom is -0.391 e. The number of aliphatic hydroxyl groups excluding tert-OH is 1. The van der Waals surface area contributed by atoms with E-state index in [1.165, 1.54) is 0 Å². The van der Waals surface area contributed by atoms with Crippen LogP contribution < -0.4 is 5.32 Å². The van der Waals surface area contributed by atoms with Crippen LogP contribution >= 0.6 is 0 Å². The van der Waals surface area contributed by atoms with Crippen molar-refractivity contribution in [1.29, 1.82) is 0 Å². The normalized spacial score (nSPS) is 21.9. The fourth-order valence-corrected chi connectivity index (χ4v) is 2.82. The first-order chi connectivity index (χ1) is 10.9. The highest BCUT2D eigenvalue weighted by Gasteiger charge is 2.27. The summed E-state index contributed by atoms with van der Waals surface area (Å²) in [6, 6.07) is 5.85. The lowest BCUT2D eigenvalue weighted by atomic mass is 9.96. The van der Waals surface area contributed by atoms with Gasteiger partial charge in [0.1, 0.15) is 0 Å². The van der Waals surface area contributed by atoms with Crippen LogP contribution in [0.1, 0.15) is 33.2 Å². The fraction of sp³-hybridized carbons (Fsp3) is 0.529. The second-order valence-electron chi connectivity index (χ2n) is 6.69. The van der Waals surface area contributed by atoms with E-state index in [0.717, 1.165) is 23.0 Å². The molecule has 2 amide bonds. The molecule has 0 saturated carbocycles. The molecular weight excluding hydrogens is 292 g/mol. The van der Waals surface area contributed by atoms with E-state index in [4.69, 9.17) is 0 Å². The number of fused-ring (bicyclic) bond motifs is 1. The quantitative estimate of drug-likeness (QED) is 0.895. The average Bonchev–Trinajstić information content (AvgIpc) is 2.93. The number of benzene rings is 1. The Balaban J connectivity index is 1.72. The largest absolute Gasteiger partial charge is 0.391 e. The molecule has 0 radical (unpaired) electrons. The van der Waals surface area contributed by atoms with Gasteiger partial charge in [0.05, 0.1) is 11.6 Å². The topological polar surface area (TPSA) is 70.4 Å². The van der Waals surface area contributed by atoms with E-state index >= 15 is 0 Å². The number of carbonyl (C=O) groups excluding carboxylic acids is 1. The molecule has 2 aromatic rings. The van der Waals surface area contributed by atoms with Gasteiger partial charge in [-0.15, -0.1) is 0 Å². The summed E-state index contributed by atoms with van der Waals surface area (Å²) in [4.78, 5) is 14.0. The van der Waals surface area contributed by atoms with E-state index in [1.807, 2.05) is 36.0 Å². The van der Waals surface area contributed by atoms with Gasteiger partial charge in [-0.3, -0.25) is 4.68 Å². The Morgan fingerprint density at radius 1 is 1.43 bits per heavy atom. The molecule has 1 aromatic carbocycles. The zero-order chi connectivity index (χ0) is 16.6. The molecule has 0 aliphatic carbocycles. The highest BCUT2D eigenvalue weighted by molar-refractivity contribution is 5.92. The van der Waals surface area contributed by atoms with Crippen LogP contribution in [0.15, 0.2) is 24.4 Å². The number of β-amino-alcohol motifs (C(OH)–C–C–N with tert-alkyl or cyclic N) is 1. The van der Waals surface area contributed by atoms with Crippen molar-refractivity contribution in [2.75, 3.05) is 18.4 Å². The van der Waals surface area contributed by atoms with Gasteiger partial charge in [0, 0.05) is 36.4 Å². The summed E-state index contributed by atoms with van der Waals surface area (Å²) in [7, 11) is 0. The summed E-state index contributed by atoms with van der Waals surface area (Å²) in [5.41, 5.74) is 1.66. The summed E-state index contributed by atoms with van der Waals surface area (Å²) in [6.07, 6.45) is 2.37. The number of carbonyl (C=O) groups is 1. The number of piperidine rings is 1. The zero-order valence-corrected chi connectivity index (χ0v) is 13.9. The smallest absolute Gasteiger partial charge is 0.321 e. The van der Waals surface area contributed by atoms with Gasteiger partial charge in [-0.1, -0.05) is 6.92 Å². The van der Waals surface area contributed by atoms with Gasteiger partial charge < -0.3 is 15.3 Å². The fourth-order valence-electron chi connectivity index (χ4n) is 2.82. The van der Waals surface area contributed by atoms with Crippen molar-refractivity contribution >= 4 is 22.6 Å². The van der Waals surface area contributed by atoms with Gasteiger partial charge in [-0.05, 0) is 44.4 Å².